The molecule has 0 fully saturated rings. The Morgan fingerprint density at radius 2 is 2.10 bits per heavy atom. The highest BCUT2D eigenvalue weighted by Crippen LogP contribution is 2.27. The van der Waals surface area contributed by atoms with Gasteiger partial charge in [-0.05, 0) is 31.0 Å². The molecule has 0 spiro atoms. The van der Waals surface area contributed by atoms with E-state index in [1.807, 2.05) is 0 Å². The van der Waals surface area contributed by atoms with Gasteiger partial charge in [-0.15, -0.1) is 10.2 Å². The molecule has 29 heavy (non-hydrogen) atoms. The van der Waals surface area contributed by atoms with Gasteiger partial charge in [-0.25, -0.2) is 4.39 Å². The third kappa shape index (κ3) is 3.31. The first-order valence-corrected chi connectivity index (χ1v) is 10.0. The second-order valence-corrected chi connectivity index (χ2v) is 7.51. The highest BCUT2D eigenvalue weighted by molar-refractivity contribution is 6.04. The number of aryl methyl sites for hydroxylation is 1. The molecular formula is C20H22FN7O. The van der Waals surface area contributed by atoms with Crippen molar-refractivity contribution < 1.29 is 9.18 Å². The number of amides is 1. The largest absolute Gasteiger partial charge is 0.318 e. The van der Waals surface area contributed by atoms with Gasteiger partial charge in [-0.1, -0.05) is 6.42 Å². The van der Waals surface area contributed by atoms with Gasteiger partial charge in [0.15, 0.2) is 11.5 Å². The average Bonchev–Trinajstić information content (AvgIpc) is 3.27. The Labute approximate surface area is 166 Å². The number of fused-ring (bicyclic) bond motifs is 2. The fourth-order valence-electron chi connectivity index (χ4n) is 4.05. The first-order chi connectivity index (χ1) is 14.2. The maximum atomic E-state index is 14.5. The Hall–Kier alpha value is -3.07. The monoisotopic (exact) mass is 395 g/mol. The average molecular weight is 395 g/mol. The fraction of sp³-hybridized carbons (Fsp3) is 0.400. The van der Waals surface area contributed by atoms with Crippen LogP contribution >= 0.6 is 0 Å². The van der Waals surface area contributed by atoms with Gasteiger partial charge in [0, 0.05) is 49.3 Å². The van der Waals surface area contributed by atoms with Crippen LogP contribution in [0.2, 0.25) is 0 Å². The number of anilines is 1. The molecule has 3 N–H and O–H groups in total. The Morgan fingerprint density at radius 1 is 1.17 bits per heavy atom. The summed E-state index contributed by atoms with van der Waals surface area (Å²) >= 11 is 0. The van der Waals surface area contributed by atoms with Crippen molar-refractivity contribution in [2.75, 3.05) is 11.9 Å². The number of hydrogen-bond acceptors (Lipinski definition) is 5. The van der Waals surface area contributed by atoms with Crippen LogP contribution in [-0.2, 0) is 25.9 Å². The van der Waals surface area contributed by atoms with Gasteiger partial charge in [0.2, 0.25) is 0 Å². The first kappa shape index (κ1) is 18.0. The summed E-state index contributed by atoms with van der Waals surface area (Å²) in [7, 11) is 0. The second kappa shape index (κ2) is 7.40. The topological polar surface area (TPSA) is 101 Å². The molecule has 0 saturated heterocycles. The molecule has 0 saturated carbocycles. The van der Waals surface area contributed by atoms with E-state index >= 15 is 0 Å². The van der Waals surface area contributed by atoms with Crippen LogP contribution in [0.15, 0.2) is 18.2 Å². The van der Waals surface area contributed by atoms with Gasteiger partial charge in [-0.2, -0.15) is 5.10 Å². The molecule has 9 heteroatoms. The summed E-state index contributed by atoms with van der Waals surface area (Å²) in [6.07, 6.45) is 5.02. The Bertz CT molecular complexity index is 1070. The lowest BCUT2D eigenvalue weighted by atomic mass is 10.1. The second-order valence-electron chi connectivity index (χ2n) is 7.51. The number of rotatable bonds is 3. The molecule has 1 amide bonds. The number of halogens is 1. The molecule has 5 rings (SSSR count). The minimum atomic E-state index is -0.500. The Morgan fingerprint density at radius 3 is 3.03 bits per heavy atom. The van der Waals surface area contributed by atoms with E-state index in [0.29, 0.717) is 18.1 Å². The molecule has 2 aliphatic rings. The van der Waals surface area contributed by atoms with Crippen LogP contribution in [0.1, 0.15) is 46.8 Å². The summed E-state index contributed by atoms with van der Waals surface area (Å²) in [6.45, 7) is 2.27. The lowest BCUT2D eigenvalue weighted by molar-refractivity contribution is 0.102. The van der Waals surface area contributed by atoms with Gasteiger partial charge in [0.1, 0.15) is 11.6 Å². The quantitative estimate of drug-likeness (QED) is 0.632. The maximum absolute atomic E-state index is 14.5. The molecule has 3 aromatic rings. The van der Waals surface area contributed by atoms with E-state index in [9.17, 15) is 9.18 Å². The predicted octanol–water partition coefficient (Wildman–Crippen LogP) is 2.43. The standard InChI is InChI=1S/C20H22FN7O/c21-14-6-5-12(19-27-25-17-4-2-1-3-9-28(17)19)10-16(14)23-20(29)18-13-11-22-8-7-15(13)24-26-18/h5-6,10,22H,1-4,7-9,11H2,(H,23,29)(H,24,26). The fourth-order valence-corrected chi connectivity index (χ4v) is 4.05. The third-order valence-electron chi connectivity index (χ3n) is 5.60. The van der Waals surface area contributed by atoms with Gasteiger partial charge in [0.25, 0.3) is 5.91 Å². The Kier molecular flexibility index (Phi) is 4.59. The zero-order chi connectivity index (χ0) is 19.8. The molecule has 2 aromatic heterocycles. The SMILES string of the molecule is O=C(Nc1cc(-c2nnc3n2CCCCC3)ccc1F)c1n[nH]c2c1CNCC2. The van der Waals surface area contributed by atoms with Crippen molar-refractivity contribution >= 4 is 11.6 Å². The number of carbonyl (C=O) groups excluding carboxylic acids is 1. The molecule has 0 unspecified atom stereocenters. The minimum absolute atomic E-state index is 0.110. The lowest BCUT2D eigenvalue weighted by Gasteiger charge is -2.13. The summed E-state index contributed by atoms with van der Waals surface area (Å²) in [6, 6.07) is 4.64. The molecule has 0 aliphatic carbocycles. The number of nitrogens with zero attached hydrogens (tertiary/aromatic N) is 4. The number of benzene rings is 1. The Balaban J connectivity index is 1.44. The number of aromatic amines is 1. The van der Waals surface area contributed by atoms with Crippen molar-refractivity contribution in [1.29, 1.82) is 0 Å². The van der Waals surface area contributed by atoms with Crippen LogP contribution in [0.25, 0.3) is 11.4 Å². The van der Waals surface area contributed by atoms with E-state index in [-0.39, 0.29) is 5.69 Å². The van der Waals surface area contributed by atoms with Crippen LogP contribution in [0, 0.1) is 5.82 Å². The van der Waals surface area contributed by atoms with Crippen molar-refractivity contribution in [1.82, 2.24) is 30.3 Å². The van der Waals surface area contributed by atoms with Crippen LogP contribution in [0.4, 0.5) is 10.1 Å². The molecule has 0 radical (unpaired) electrons. The maximum Gasteiger partial charge on any atom is 0.276 e. The van der Waals surface area contributed by atoms with Crippen molar-refractivity contribution in [2.45, 2.75) is 45.2 Å². The summed E-state index contributed by atoms with van der Waals surface area (Å²) in [4.78, 5) is 12.8. The number of hydrogen-bond donors (Lipinski definition) is 3. The van der Waals surface area contributed by atoms with Crippen LogP contribution in [-0.4, -0.2) is 37.4 Å². The molecule has 8 nitrogen and oxygen atoms in total. The number of aromatic nitrogens is 5. The van der Waals surface area contributed by atoms with Crippen LogP contribution in [0.3, 0.4) is 0 Å². The molecule has 0 bridgehead atoms. The van der Waals surface area contributed by atoms with Gasteiger partial charge >= 0.3 is 0 Å². The summed E-state index contributed by atoms with van der Waals surface area (Å²) < 4.78 is 16.6. The number of H-pyrrole nitrogens is 1. The molecule has 1 aromatic carbocycles. The number of carbonyl (C=O) groups is 1. The lowest BCUT2D eigenvalue weighted by Crippen LogP contribution is -2.25. The van der Waals surface area contributed by atoms with Crippen molar-refractivity contribution in [3.63, 3.8) is 0 Å². The van der Waals surface area contributed by atoms with Gasteiger partial charge in [0.05, 0.1) is 5.69 Å². The van der Waals surface area contributed by atoms with Crippen LogP contribution < -0.4 is 10.6 Å². The van der Waals surface area contributed by atoms with E-state index in [1.54, 1.807) is 12.1 Å². The summed E-state index contributed by atoms with van der Waals surface area (Å²) in [5.41, 5.74) is 2.93. The zero-order valence-electron chi connectivity index (χ0n) is 16.0. The first-order valence-electron chi connectivity index (χ1n) is 10.0. The minimum Gasteiger partial charge on any atom is -0.318 e. The van der Waals surface area contributed by atoms with Crippen LogP contribution in [0.5, 0.6) is 0 Å². The molecule has 150 valence electrons. The highest BCUT2D eigenvalue weighted by Gasteiger charge is 2.23. The molecule has 2 aliphatic heterocycles. The molecular weight excluding hydrogens is 373 g/mol. The van der Waals surface area contributed by atoms with E-state index in [2.05, 4.69) is 35.6 Å². The van der Waals surface area contributed by atoms with Gasteiger partial charge in [-0.3, -0.25) is 9.89 Å². The highest BCUT2D eigenvalue weighted by atomic mass is 19.1. The summed E-state index contributed by atoms with van der Waals surface area (Å²) in [5.74, 6) is 0.740. The van der Waals surface area contributed by atoms with Crippen molar-refractivity contribution in [3.05, 3.63) is 46.8 Å². The van der Waals surface area contributed by atoms with Gasteiger partial charge < -0.3 is 15.2 Å². The van der Waals surface area contributed by atoms with Crippen molar-refractivity contribution in [2.24, 2.45) is 0 Å². The van der Waals surface area contributed by atoms with E-state index < -0.39 is 11.7 Å². The normalized spacial score (nSPS) is 16.0. The third-order valence-corrected chi connectivity index (χ3v) is 5.60. The van der Waals surface area contributed by atoms with Crippen molar-refractivity contribution in [3.8, 4) is 11.4 Å². The predicted molar refractivity (Wildman–Crippen MR) is 105 cm³/mol. The molecule has 0 atom stereocenters. The van der Waals surface area contributed by atoms with E-state index in [0.717, 1.165) is 67.8 Å². The smallest absolute Gasteiger partial charge is 0.276 e. The summed E-state index contributed by atoms with van der Waals surface area (Å²) in [5, 5.41) is 21.6. The number of nitrogens with one attached hydrogen (secondary N) is 3. The van der Waals surface area contributed by atoms with E-state index in [1.165, 1.54) is 6.07 Å². The molecule has 4 heterocycles. The zero-order valence-corrected chi connectivity index (χ0v) is 16.0. The van der Waals surface area contributed by atoms with E-state index in [4.69, 9.17) is 0 Å².